The third kappa shape index (κ3) is 4.88. The highest BCUT2D eigenvalue weighted by molar-refractivity contribution is 5.95. The third-order valence-electron chi connectivity index (χ3n) is 5.90. The molecule has 2 amide bonds. The number of nitrogens with one attached hydrogen (secondary N) is 1. The van der Waals surface area contributed by atoms with Gasteiger partial charge in [-0.1, -0.05) is 12.1 Å². The Bertz CT molecular complexity index is 870. The molecule has 1 saturated heterocycles. The van der Waals surface area contributed by atoms with E-state index < -0.39 is 0 Å². The number of rotatable bonds is 7. The van der Waals surface area contributed by atoms with Crippen molar-refractivity contribution in [3.63, 3.8) is 0 Å². The van der Waals surface area contributed by atoms with Crippen LogP contribution in [0, 0.1) is 0 Å². The molecule has 160 valence electrons. The summed E-state index contributed by atoms with van der Waals surface area (Å²) in [7, 11) is 2.16. The van der Waals surface area contributed by atoms with Crippen LogP contribution in [0.5, 0.6) is 0 Å². The van der Waals surface area contributed by atoms with Crippen LogP contribution in [-0.4, -0.2) is 77.7 Å². The van der Waals surface area contributed by atoms with Gasteiger partial charge in [0.2, 0.25) is 5.91 Å². The molecule has 1 aromatic heterocycles. The summed E-state index contributed by atoms with van der Waals surface area (Å²) in [6.07, 6.45) is 3.14. The molecule has 0 atom stereocenters. The van der Waals surface area contributed by atoms with Gasteiger partial charge < -0.3 is 15.1 Å². The molecule has 1 aromatic carbocycles. The molecule has 0 aliphatic carbocycles. The zero-order chi connectivity index (χ0) is 20.9. The van der Waals surface area contributed by atoms with Crippen LogP contribution >= 0.6 is 0 Å². The lowest BCUT2D eigenvalue weighted by molar-refractivity contribution is -0.119. The summed E-state index contributed by atoms with van der Waals surface area (Å²) in [5.41, 5.74) is 1.64. The Morgan fingerprint density at radius 2 is 1.83 bits per heavy atom. The maximum atomic E-state index is 12.4. The Labute approximate surface area is 177 Å². The number of benzene rings is 1. The molecule has 8 nitrogen and oxygen atoms in total. The van der Waals surface area contributed by atoms with Crippen LogP contribution in [0.1, 0.15) is 28.8 Å². The van der Waals surface area contributed by atoms with Gasteiger partial charge in [-0.25, -0.2) is 4.68 Å². The number of aromatic nitrogens is 2. The molecule has 0 unspecified atom stereocenters. The number of carbonyl (C=O) groups excluding carboxylic acids is 2. The standard InChI is InChI=1S/C22H30N6O2/c1-25-13-15-26(16-14-25)11-2-9-23-22(30)19-5-3-18(4-6-19)17-27-20-7-10-24-28(20)12-8-21(27)29/h3-7,10H,2,8-9,11-17H2,1H3,(H,23,30). The van der Waals surface area contributed by atoms with Gasteiger partial charge in [0.05, 0.1) is 19.3 Å². The Balaban J connectivity index is 1.24. The monoisotopic (exact) mass is 410 g/mol. The van der Waals surface area contributed by atoms with Crippen molar-refractivity contribution in [1.29, 1.82) is 0 Å². The maximum absolute atomic E-state index is 12.4. The topological polar surface area (TPSA) is 73.7 Å². The Hall–Kier alpha value is -2.71. The molecule has 2 aromatic rings. The number of carbonyl (C=O) groups is 2. The van der Waals surface area contributed by atoms with Crippen molar-refractivity contribution >= 4 is 17.6 Å². The third-order valence-corrected chi connectivity index (χ3v) is 5.90. The number of nitrogens with zero attached hydrogens (tertiary/aromatic N) is 5. The number of hydrogen-bond donors (Lipinski definition) is 1. The quantitative estimate of drug-likeness (QED) is 0.694. The van der Waals surface area contributed by atoms with E-state index in [-0.39, 0.29) is 11.8 Å². The van der Waals surface area contributed by atoms with Gasteiger partial charge in [0.25, 0.3) is 5.91 Å². The molecule has 1 N–H and O–H groups in total. The van der Waals surface area contributed by atoms with Crippen molar-refractivity contribution in [2.75, 3.05) is 51.2 Å². The summed E-state index contributed by atoms with van der Waals surface area (Å²) in [6.45, 7) is 7.25. The molecule has 1 fully saturated rings. The fraction of sp³-hybridized carbons (Fsp3) is 0.500. The van der Waals surface area contributed by atoms with E-state index in [9.17, 15) is 9.59 Å². The van der Waals surface area contributed by atoms with Gasteiger partial charge in [-0.2, -0.15) is 5.10 Å². The molecule has 2 aliphatic heterocycles. The van der Waals surface area contributed by atoms with E-state index in [1.165, 1.54) is 0 Å². The normalized spacial score (nSPS) is 17.8. The number of anilines is 1. The summed E-state index contributed by atoms with van der Waals surface area (Å²) >= 11 is 0. The number of likely N-dealkylation sites (N-methyl/N-ethyl adjacent to an activating group) is 1. The van der Waals surface area contributed by atoms with Crippen molar-refractivity contribution < 1.29 is 9.59 Å². The molecule has 0 saturated carbocycles. The highest BCUT2D eigenvalue weighted by Crippen LogP contribution is 2.23. The van der Waals surface area contributed by atoms with E-state index in [1.54, 1.807) is 11.1 Å². The van der Waals surface area contributed by atoms with Crippen LogP contribution in [0.2, 0.25) is 0 Å². The molecule has 2 aliphatic rings. The van der Waals surface area contributed by atoms with E-state index in [1.807, 2.05) is 35.0 Å². The van der Waals surface area contributed by atoms with Gasteiger partial charge in [-0.15, -0.1) is 0 Å². The predicted molar refractivity (Wildman–Crippen MR) is 115 cm³/mol. The second-order valence-electron chi connectivity index (χ2n) is 8.09. The lowest BCUT2D eigenvalue weighted by atomic mass is 10.1. The van der Waals surface area contributed by atoms with Gasteiger partial charge in [0.15, 0.2) is 0 Å². The van der Waals surface area contributed by atoms with Crippen LogP contribution in [0.4, 0.5) is 5.82 Å². The van der Waals surface area contributed by atoms with E-state index in [0.717, 1.165) is 50.5 Å². The van der Waals surface area contributed by atoms with E-state index in [2.05, 4.69) is 27.3 Å². The van der Waals surface area contributed by atoms with Crippen LogP contribution in [0.15, 0.2) is 36.5 Å². The second kappa shape index (κ2) is 9.40. The second-order valence-corrected chi connectivity index (χ2v) is 8.09. The average molecular weight is 411 g/mol. The highest BCUT2D eigenvalue weighted by Gasteiger charge is 2.24. The highest BCUT2D eigenvalue weighted by atomic mass is 16.2. The molecule has 0 radical (unpaired) electrons. The average Bonchev–Trinajstić information content (AvgIpc) is 3.24. The summed E-state index contributed by atoms with van der Waals surface area (Å²) < 4.78 is 1.85. The molecule has 3 heterocycles. The number of fused-ring (bicyclic) bond motifs is 1. The summed E-state index contributed by atoms with van der Waals surface area (Å²) in [5, 5.41) is 7.27. The Morgan fingerprint density at radius 3 is 2.60 bits per heavy atom. The van der Waals surface area contributed by atoms with Gasteiger partial charge in [0.1, 0.15) is 5.82 Å². The molecule has 0 spiro atoms. The summed E-state index contributed by atoms with van der Waals surface area (Å²) in [4.78, 5) is 31.3. The molecule has 0 bridgehead atoms. The lowest BCUT2D eigenvalue weighted by Crippen LogP contribution is -2.45. The van der Waals surface area contributed by atoms with Crippen molar-refractivity contribution in [2.45, 2.75) is 25.9 Å². The first-order chi connectivity index (χ1) is 14.6. The maximum Gasteiger partial charge on any atom is 0.251 e. The van der Waals surface area contributed by atoms with E-state index in [4.69, 9.17) is 0 Å². The van der Waals surface area contributed by atoms with Crippen LogP contribution in [0.25, 0.3) is 0 Å². The molecular formula is C22H30N6O2. The fourth-order valence-electron chi connectivity index (χ4n) is 3.98. The first kappa shape index (κ1) is 20.6. The minimum atomic E-state index is -0.0490. The number of piperazine rings is 1. The SMILES string of the molecule is CN1CCN(CCCNC(=O)c2ccc(CN3C(=O)CCn4nccc43)cc2)CC1. The van der Waals surface area contributed by atoms with Crippen LogP contribution < -0.4 is 10.2 Å². The van der Waals surface area contributed by atoms with Crippen molar-refractivity contribution in [3.05, 3.63) is 47.7 Å². The molecular weight excluding hydrogens is 380 g/mol. The van der Waals surface area contributed by atoms with Crippen molar-refractivity contribution in [1.82, 2.24) is 24.9 Å². The van der Waals surface area contributed by atoms with Gasteiger partial charge in [0, 0.05) is 50.8 Å². The lowest BCUT2D eigenvalue weighted by Gasteiger charge is -2.32. The number of amides is 2. The summed E-state index contributed by atoms with van der Waals surface area (Å²) in [6, 6.07) is 9.36. The molecule has 8 heteroatoms. The van der Waals surface area contributed by atoms with Crippen molar-refractivity contribution in [3.8, 4) is 0 Å². The largest absolute Gasteiger partial charge is 0.352 e. The smallest absolute Gasteiger partial charge is 0.251 e. The van der Waals surface area contributed by atoms with E-state index in [0.29, 0.717) is 31.6 Å². The minimum Gasteiger partial charge on any atom is -0.352 e. The Morgan fingerprint density at radius 1 is 1.07 bits per heavy atom. The van der Waals surface area contributed by atoms with Gasteiger partial charge >= 0.3 is 0 Å². The first-order valence-electron chi connectivity index (χ1n) is 10.7. The predicted octanol–water partition coefficient (Wildman–Crippen LogP) is 1.19. The summed E-state index contributed by atoms with van der Waals surface area (Å²) in [5.74, 6) is 0.880. The number of hydrogen-bond acceptors (Lipinski definition) is 5. The van der Waals surface area contributed by atoms with Crippen LogP contribution in [-0.2, 0) is 17.9 Å². The molecule has 30 heavy (non-hydrogen) atoms. The van der Waals surface area contributed by atoms with Gasteiger partial charge in [-0.05, 0) is 37.7 Å². The van der Waals surface area contributed by atoms with Crippen molar-refractivity contribution in [2.24, 2.45) is 0 Å². The number of aryl methyl sites for hydroxylation is 1. The zero-order valence-corrected chi connectivity index (χ0v) is 17.6. The fourth-order valence-corrected chi connectivity index (χ4v) is 3.98. The minimum absolute atomic E-state index is 0.0490. The Kier molecular flexibility index (Phi) is 6.44. The molecule has 4 rings (SSSR count). The van der Waals surface area contributed by atoms with E-state index >= 15 is 0 Å². The van der Waals surface area contributed by atoms with Crippen LogP contribution in [0.3, 0.4) is 0 Å². The zero-order valence-electron chi connectivity index (χ0n) is 17.6. The first-order valence-corrected chi connectivity index (χ1v) is 10.7. The van der Waals surface area contributed by atoms with Gasteiger partial charge in [-0.3, -0.25) is 14.5 Å².